The van der Waals surface area contributed by atoms with E-state index in [9.17, 15) is 19.2 Å². The zero-order valence-electron chi connectivity index (χ0n) is 32.6. The van der Waals surface area contributed by atoms with Crippen LogP contribution in [0.5, 0.6) is 0 Å². The zero-order chi connectivity index (χ0) is 39.6. The lowest BCUT2D eigenvalue weighted by Crippen LogP contribution is -2.45. The van der Waals surface area contributed by atoms with Crippen LogP contribution in [0.2, 0.25) is 0 Å². The van der Waals surface area contributed by atoms with Gasteiger partial charge in [-0.15, -0.1) is 5.10 Å². The molecule has 3 amide bonds. The van der Waals surface area contributed by atoms with Crippen LogP contribution < -0.4 is 26.4 Å². The summed E-state index contributed by atoms with van der Waals surface area (Å²) in [7, 11) is 0. The highest BCUT2D eigenvalue weighted by Crippen LogP contribution is 2.35. The predicted octanol–water partition coefficient (Wildman–Crippen LogP) is 3.40. The molecule has 0 spiro atoms. The van der Waals surface area contributed by atoms with Gasteiger partial charge in [0.2, 0.25) is 11.8 Å². The molecule has 4 fully saturated rings. The number of benzene rings is 2. The Morgan fingerprint density at radius 2 is 1.67 bits per heavy atom. The van der Waals surface area contributed by atoms with Gasteiger partial charge in [-0.3, -0.25) is 24.5 Å². The topological polar surface area (TPSA) is 185 Å². The Hall–Kier alpha value is -5.77. The maximum atomic E-state index is 13.4. The van der Waals surface area contributed by atoms with Crippen molar-refractivity contribution in [2.24, 2.45) is 11.8 Å². The molecule has 4 aliphatic rings. The second-order valence-corrected chi connectivity index (χ2v) is 16.5. The van der Waals surface area contributed by atoms with Gasteiger partial charge in [-0.2, -0.15) is 4.68 Å². The van der Waals surface area contributed by atoms with Crippen LogP contribution >= 0.6 is 0 Å². The fraction of sp³-hybridized carbons (Fsp3) is 0.500. The Morgan fingerprint density at radius 3 is 2.47 bits per heavy atom. The molecule has 5 aromatic rings. The molecule has 3 N–H and O–H groups in total. The summed E-state index contributed by atoms with van der Waals surface area (Å²) in [5, 5.41) is 17.7. The number of likely N-dealkylation sites (tertiary alicyclic amines) is 1. The summed E-state index contributed by atoms with van der Waals surface area (Å²) in [6, 6.07) is 15.1. The molecule has 2 aromatic carbocycles. The SMILES string of the molecule is O=C1CC[C@H](n2nnc3ccc(N4CCC(CN5CCC(CCNc6ncnc7c6ncn7C6CC(NC(=O)Cc7ccccc7)C6)CC5)CC4)cc3c2=O)C(=O)N1. The van der Waals surface area contributed by atoms with Gasteiger partial charge >= 0.3 is 0 Å². The van der Waals surface area contributed by atoms with Crippen LogP contribution in [0.1, 0.15) is 75.4 Å². The number of anilines is 2. The first-order valence-corrected chi connectivity index (χ1v) is 20.8. The normalized spacial score (nSPS) is 22.2. The lowest BCUT2D eigenvalue weighted by atomic mass is 9.86. The first-order valence-electron chi connectivity index (χ1n) is 20.8. The minimum Gasteiger partial charge on any atom is -0.371 e. The molecule has 3 aliphatic heterocycles. The molecular formula is C42H50N12O4. The minimum absolute atomic E-state index is 0.0597. The number of rotatable bonds is 12. The fourth-order valence-corrected chi connectivity index (χ4v) is 9.19. The van der Waals surface area contributed by atoms with E-state index in [0.717, 1.165) is 104 Å². The Morgan fingerprint density at radius 1 is 0.879 bits per heavy atom. The summed E-state index contributed by atoms with van der Waals surface area (Å²) in [6.45, 7) is 6.03. The molecule has 1 atom stereocenters. The third kappa shape index (κ3) is 8.15. The summed E-state index contributed by atoms with van der Waals surface area (Å²) >= 11 is 0. The van der Waals surface area contributed by atoms with Crippen molar-refractivity contribution in [1.82, 2.24) is 50.0 Å². The molecule has 16 heteroatoms. The lowest BCUT2D eigenvalue weighted by Gasteiger charge is -2.38. The summed E-state index contributed by atoms with van der Waals surface area (Å²) in [5.41, 5.74) is 3.75. The van der Waals surface area contributed by atoms with Crippen molar-refractivity contribution in [2.75, 3.05) is 49.5 Å². The van der Waals surface area contributed by atoms with Crippen LogP contribution in [0.15, 0.2) is 66.0 Å². The number of piperidine rings is 3. The first kappa shape index (κ1) is 37.8. The molecule has 1 aliphatic carbocycles. The molecule has 58 heavy (non-hydrogen) atoms. The van der Waals surface area contributed by atoms with E-state index in [1.807, 2.05) is 54.9 Å². The Balaban J connectivity index is 0.702. The second-order valence-electron chi connectivity index (χ2n) is 16.5. The van der Waals surface area contributed by atoms with E-state index < -0.39 is 11.9 Å². The number of imide groups is 1. The molecule has 9 rings (SSSR count). The molecule has 0 bridgehead atoms. The van der Waals surface area contributed by atoms with Crippen molar-refractivity contribution in [3.8, 4) is 0 Å². The number of amides is 3. The standard InChI is InChI=1S/C42H50N12O4/c55-36-9-8-35(41(57)48-36)54-42(58)33-23-31(6-7-34(33)49-50-54)52-18-13-29(14-19-52)24-51-16-11-27(12-17-51)10-15-43-39-38-40(45-25-44-39)53(26-46-38)32-21-30(22-32)47-37(56)20-28-4-2-1-3-5-28/h1-7,23,25-27,29-30,32,35H,8-22,24H2,(H,47,56)(H,43,44,45)(H,48,55,57)/t30?,32?,35-/m0/s1. The van der Waals surface area contributed by atoms with E-state index in [4.69, 9.17) is 4.98 Å². The van der Waals surface area contributed by atoms with Gasteiger partial charge in [-0.25, -0.2) is 15.0 Å². The van der Waals surface area contributed by atoms with Crippen LogP contribution in [0.25, 0.3) is 22.1 Å². The number of aromatic nitrogens is 7. The van der Waals surface area contributed by atoms with Gasteiger partial charge in [0, 0.05) is 50.4 Å². The Bertz CT molecular complexity index is 2340. The van der Waals surface area contributed by atoms with E-state index >= 15 is 0 Å². The van der Waals surface area contributed by atoms with Crippen LogP contribution in [0.4, 0.5) is 11.5 Å². The second kappa shape index (κ2) is 16.6. The van der Waals surface area contributed by atoms with E-state index in [1.54, 1.807) is 6.33 Å². The third-order valence-corrected chi connectivity index (χ3v) is 12.7. The van der Waals surface area contributed by atoms with Crippen LogP contribution in [0, 0.1) is 11.8 Å². The number of imidazole rings is 1. The fourth-order valence-electron chi connectivity index (χ4n) is 9.19. The van der Waals surface area contributed by atoms with E-state index in [-0.39, 0.29) is 42.3 Å². The van der Waals surface area contributed by atoms with Crippen molar-refractivity contribution >= 4 is 51.3 Å². The molecule has 1 saturated carbocycles. The van der Waals surface area contributed by atoms with Crippen LogP contribution in [0.3, 0.4) is 0 Å². The number of carbonyl (C=O) groups is 3. The summed E-state index contributed by atoms with van der Waals surface area (Å²) < 4.78 is 3.25. The van der Waals surface area contributed by atoms with Crippen molar-refractivity contribution in [3.05, 3.63) is 77.1 Å². The average molecular weight is 787 g/mol. The molecule has 3 aromatic heterocycles. The van der Waals surface area contributed by atoms with Gasteiger partial charge in [0.05, 0.1) is 18.1 Å². The smallest absolute Gasteiger partial charge is 0.278 e. The van der Waals surface area contributed by atoms with E-state index in [0.29, 0.717) is 29.2 Å². The average Bonchev–Trinajstić information content (AvgIpc) is 3.65. The van der Waals surface area contributed by atoms with Gasteiger partial charge in [-0.1, -0.05) is 35.5 Å². The van der Waals surface area contributed by atoms with Gasteiger partial charge in [0.25, 0.3) is 11.5 Å². The molecule has 0 radical (unpaired) electrons. The monoisotopic (exact) mass is 786 g/mol. The minimum atomic E-state index is -0.836. The Kier molecular flexibility index (Phi) is 10.8. The number of hydrogen-bond donors (Lipinski definition) is 3. The Labute approximate surface area is 335 Å². The molecular weight excluding hydrogens is 737 g/mol. The number of nitrogens with zero attached hydrogens (tertiary/aromatic N) is 9. The lowest BCUT2D eigenvalue weighted by molar-refractivity contribution is -0.136. The molecule has 302 valence electrons. The van der Waals surface area contributed by atoms with Crippen LogP contribution in [-0.2, 0) is 20.8 Å². The van der Waals surface area contributed by atoms with Crippen molar-refractivity contribution < 1.29 is 14.4 Å². The van der Waals surface area contributed by atoms with Crippen molar-refractivity contribution in [2.45, 2.75) is 82.3 Å². The summed E-state index contributed by atoms with van der Waals surface area (Å²) in [5.74, 6) is 1.29. The highest BCUT2D eigenvalue weighted by molar-refractivity contribution is 5.99. The first-order chi connectivity index (χ1) is 28.3. The number of hydrogen-bond acceptors (Lipinski definition) is 12. The van der Waals surface area contributed by atoms with Gasteiger partial charge < -0.3 is 25.0 Å². The van der Waals surface area contributed by atoms with Gasteiger partial charge in [-0.05, 0) is 100 Å². The molecule has 16 nitrogen and oxygen atoms in total. The number of fused-ring (bicyclic) bond motifs is 2. The molecule has 6 heterocycles. The zero-order valence-corrected chi connectivity index (χ0v) is 32.6. The van der Waals surface area contributed by atoms with E-state index in [2.05, 4.69) is 50.6 Å². The highest BCUT2D eigenvalue weighted by Gasteiger charge is 2.34. The molecule has 3 saturated heterocycles. The predicted molar refractivity (Wildman–Crippen MR) is 218 cm³/mol. The van der Waals surface area contributed by atoms with Gasteiger partial charge in [0.15, 0.2) is 11.5 Å². The van der Waals surface area contributed by atoms with Crippen molar-refractivity contribution in [1.29, 1.82) is 0 Å². The molecule has 0 unspecified atom stereocenters. The number of nitrogens with one attached hydrogen (secondary N) is 3. The largest absolute Gasteiger partial charge is 0.371 e. The highest BCUT2D eigenvalue weighted by atomic mass is 16.2. The maximum absolute atomic E-state index is 13.4. The quantitative estimate of drug-likeness (QED) is 0.157. The van der Waals surface area contributed by atoms with E-state index in [1.165, 1.54) is 12.8 Å². The number of carbonyl (C=O) groups excluding carboxylic acids is 3. The third-order valence-electron chi connectivity index (χ3n) is 12.7. The summed E-state index contributed by atoms with van der Waals surface area (Å²) in [6.07, 6.45) is 11.6. The van der Waals surface area contributed by atoms with Gasteiger partial charge in [0.1, 0.15) is 23.4 Å². The van der Waals surface area contributed by atoms with Crippen LogP contribution in [-0.4, -0.2) is 102 Å². The maximum Gasteiger partial charge on any atom is 0.278 e. The summed E-state index contributed by atoms with van der Waals surface area (Å²) in [4.78, 5) is 68.7. The van der Waals surface area contributed by atoms with Crippen molar-refractivity contribution in [3.63, 3.8) is 0 Å².